The normalized spacial score (nSPS) is 14.7. The van der Waals surface area contributed by atoms with Crippen LogP contribution in [0.3, 0.4) is 0 Å². The molecule has 0 bridgehead atoms. The van der Waals surface area contributed by atoms with E-state index >= 15 is 0 Å². The zero-order valence-corrected chi connectivity index (χ0v) is 64.8. The molecule has 570 valence electrons. The second kappa shape index (κ2) is 66.3. The molecular formula is C77H150O17P2. The van der Waals surface area contributed by atoms with Gasteiger partial charge in [0.2, 0.25) is 0 Å². The van der Waals surface area contributed by atoms with E-state index in [1.165, 1.54) is 180 Å². The van der Waals surface area contributed by atoms with E-state index in [4.69, 9.17) is 37.0 Å². The zero-order chi connectivity index (χ0) is 71.0. The maximum atomic E-state index is 13.1. The fraction of sp³-hybridized carbons (Fsp3) is 0.948. The first-order valence-electron chi connectivity index (χ1n) is 39.8. The zero-order valence-electron chi connectivity index (χ0n) is 63.0. The Kier molecular flexibility index (Phi) is 65.0. The molecule has 0 spiro atoms. The van der Waals surface area contributed by atoms with Gasteiger partial charge in [0, 0.05) is 25.7 Å². The summed E-state index contributed by atoms with van der Waals surface area (Å²) in [7, 11) is -9.91. The number of phosphoric ester groups is 2. The Bertz CT molecular complexity index is 1890. The van der Waals surface area contributed by atoms with Crippen molar-refractivity contribution in [1.82, 2.24) is 0 Å². The van der Waals surface area contributed by atoms with Crippen LogP contribution in [0, 0.1) is 23.7 Å². The third kappa shape index (κ3) is 67.9. The minimum absolute atomic E-state index is 0.105. The Morgan fingerprint density at radius 1 is 0.292 bits per heavy atom. The van der Waals surface area contributed by atoms with Gasteiger partial charge in [-0.15, -0.1) is 0 Å². The number of esters is 4. The lowest BCUT2D eigenvalue weighted by Gasteiger charge is -2.21. The van der Waals surface area contributed by atoms with E-state index in [9.17, 15) is 43.2 Å². The Morgan fingerprint density at radius 2 is 0.500 bits per heavy atom. The number of aliphatic hydroxyl groups excluding tert-OH is 1. The molecule has 7 atom stereocenters. The van der Waals surface area contributed by atoms with E-state index in [0.717, 1.165) is 120 Å². The standard InChI is InChI=1S/C77H150O17P2/c1-9-69(7)55-47-39-31-25-21-17-15-13-11-12-14-16-18-22-26-32-43-51-59-76(81)94-73(64-88-75(80)58-50-42-36-35-40-48-56-70(8)10-2)66-92-96(85,86)90-62-71(78)61-89-95(83,84)91-65-72(63-87-74(79)57-49-41-34-28-30-38-46-54-68(5)6)93-77(82)60-52-44-33-27-23-19-20-24-29-37-45-53-67(3)4/h67-73,78H,9-66H2,1-8H3,(H,83,84)(H,85,86)/t69?,70?,71-,72-,73-/m1/s1. The molecule has 0 aliphatic heterocycles. The van der Waals surface area contributed by atoms with Crippen LogP contribution in [0.15, 0.2) is 0 Å². The summed E-state index contributed by atoms with van der Waals surface area (Å²) in [5.74, 6) is 0.949. The van der Waals surface area contributed by atoms with Crippen molar-refractivity contribution in [3.05, 3.63) is 0 Å². The number of hydrogen-bond acceptors (Lipinski definition) is 15. The molecule has 0 heterocycles. The van der Waals surface area contributed by atoms with Gasteiger partial charge in [0.25, 0.3) is 0 Å². The van der Waals surface area contributed by atoms with E-state index < -0.39 is 97.5 Å². The van der Waals surface area contributed by atoms with Crippen molar-refractivity contribution in [3.63, 3.8) is 0 Å². The molecule has 0 saturated heterocycles. The van der Waals surface area contributed by atoms with Crippen molar-refractivity contribution in [3.8, 4) is 0 Å². The molecule has 0 amide bonds. The molecule has 3 N–H and O–H groups in total. The van der Waals surface area contributed by atoms with Crippen LogP contribution in [0.5, 0.6) is 0 Å². The minimum atomic E-state index is -4.96. The van der Waals surface area contributed by atoms with Gasteiger partial charge in [0.05, 0.1) is 26.4 Å². The fourth-order valence-electron chi connectivity index (χ4n) is 11.7. The first-order chi connectivity index (χ1) is 46.2. The van der Waals surface area contributed by atoms with Crippen molar-refractivity contribution >= 4 is 39.5 Å². The second-order valence-electron chi connectivity index (χ2n) is 29.2. The molecule has 4 unspecified atom stereocenters. The van der Waals surface area contributed by atoms with Gasteiger partial charge in [-0.1, -0.05) is 338 Å². The predicted octanol–water partition coefficient (Wildman–Crippen LogP) is 22.4. The molecule has 0 saturated carbocycles. The van der Waals surface area contributed by atoms with Gasteiger partial charge in [0.15, 0.2) is 12.2 Å². The van der Waals surface area contributed by atoms with Crippen LogP contribution in [0.4, 0.5) is 0 Å². The molecule has 0 fully saturated rings. The van der Waals surface area contributed by atoms with E-state index in [0.29, 0.717) is 31.6 Å². The summed E-state index contributed by atoms with van der Waals surface area (Å²) in [4.78, 5) is 72.8. The fourth-order valence-corrected chi connectivity index (χ4v) is 13.2. The lowest BCUT2D eigenvalue weighted by Crippen LogP contribution is -2.30. The second-order valence-corrected chi connectivity index (χ2v) is 32.1. The van der Waals surface area contributed by atoms with Gasteiger partial charge < -0.3 is 33.8 Å². The van der Waals surface area contributed by atoms with Crippen LogP contribution in [0.25, 0.3) is 0 Å². The van der Waals surface area contributed by atoms with E-state index in [2.05, 4.69) is 55.4 Å². The quantitative estimate of drug-likeness (QED) is 0.0222. The summed E-state index contributed by atoms with van der Waals surface area (Å²) in [5, 5.41) is 10.6. The van der Waals surface area contributed by atoms with Crippen LogP contribution < -0.4 is 0 Å². The lowest BCUT2D eigenvalue weighted by atomic mass is 9.99. The molecule has 0 aromatic heterocycles. The minimum Gasteiger partial charge on any atom is -0.462 e. The van der Waals surface area contributed by atoms with Gasteiger partial charge in [-0.25, -0.2) is 9.13 Å². The number of rotatable bonds is 74. The molecule has 0 rings (SSSR count). The van der Waals surface area contributed by atoms with E-state index in [1.807, 2.05) is 0 Å². The van der Waals surface area contributed by atoms with Gasteiger partial charge in [0.1, 0.15) is 19.3 Å². The molecule has 0 aromatic carbocycles. The number of hydrogen-bond donors (Lipinski definition) is 3. The summed E-state index contributed by atoms with van der Waals surface area (Å²) in [5.41, 5.74) is 0. The van der Waals surface area contributed by atoms with Crippen LogP contribution in [0.1, 0.15) is 389 Å². The van der Waals surface area contributed by atoms with Crippen molar-refractivity contribution in [2.75, 3.05) is 39.6 Å². The van der Waals surface area contributed by atoms with Crippen LogP contribution in [0.2, 0.25) is 0 Å². The molecule has 19 heteroatoms. The van der Waals surface area contributed by atoms with E-state index in [1.54, 1.807) is 0 Å². The summed E-state index contributed by atoms with van der Waals surface area (Å²) in [6.45, 7) is 14.2. The van der Waals surface area contributed by atoms with E-state index in [-0.39, 0.29) is 25.7 Å². The topological polar surface area (TPSA) is 237 Å². The highest BCUT2D eigenvalue weighted by Gasteiger charge is 2.30. The number of unbranched alkanes of at least 4 members (excludes halogenated alkanes) is 38. The maximum absolute atomic E-state index is 13.1. The average molecular weight is 1410 g/mol. The van der Waals surface area contributed by atoms with Crippen molar-refractivity contribution in [1.29, 1.82) is 0 Å². The summed E-state index contributed by atoms with van der Waals surface area (Å²) in [6.07, 6.45) is 51.5. The highest BCUT2D eigenvalue weighted by Crippen LogP contribution is 2.45. The Labute approximate surface area is 588 Å². The lowest BCUT2D eigenvalue weighted by molar-refractivity contribution is -0.161. The first-order valence-corrected chi connectivity index (χ1v) is 42.8. The first kappa shape index (κ1) is 94.1. The predicted molar refractivity (Wildman–Crippen MR) is 391 cm³/mol. The molecular weight excluding hydrogens is 1260 g/mol. The third-order valence-electron chi connectivity index (χ3n) is 18.5. The highest BCUT2D eigenvalue weighted by molar-refractivity contribution is 7.47. The SMILES string of the molecule is CCC(C)CCCCCCCCCCCCCCCCCCCCC(=O)O[C@H](COC(=O)CCCCCCCCC(C)CC)COP(=O)(O)OC[C@H](O)COP(=O)(O)OC[C@@H](COC(=O)CCCCCCCCCC(C)C)OC(=O)CCCCCCCCCCCCCC(C)C. The van der Waals surface area contributed by atoms with Crippen LogP contribution in [-0.2, 0) is 65.4 Å². The number of carbonyl (C=O) groups is 4. The Morgan fingerprint density at radius 3 is 0.740 bits per heavy atom. The average Bonchev–Trinajstić information content (AvgIpc) is 1.08. The highest BCUT2D eigenvalue weighted by atomic mass is 31.2. The number of ether oxygens (including phenoxy) is 4. The van der Waals surface area contributed by atoms with Gasteiger partial charge >= 0.3 is 39.5 Å². The molecule has 0 radical (unpaired) electrons. The van der Waals surface area contributed by atoms with Gasteiger partial charge in [-0.3, -0.25) is 37.3 Å². The Balaban J connectivity index is 5.17. The summed E-state index contributed by atoms with van der Waals surface area (Å²) >= 11 is 0. The van der Waals surface area contributed by atoms with Crippen molar-refractivity contribution in [2.24, 2.45) is 23.7 Å². The van der Waals surface area contributed by atoms with Gasteiger partial charge in [-0.2, -0.15) is 0 Å². The van der Waals surface area contributed by atoms with Gasteiger partial charge in [-0.05, 0) is 49.4 Å². The molecule has 0 aliphatic carbocycles. The molecule has 96 heavy (non-hydrogen) atoms. The monoisotopic (exact) mass is 1410 g/mol. The number of aliphatic hydroxyl groups is 1. The van der Waals surface area contributed by atoms with Crippen LogP contribution >= 0.6 is 15.6 Å². The van der Waals surface area contributed by atoms with Crippen molar-refractivity contribution < 1.29 is 80.2 Å². The summed E-state index contributed by atoms with van der Waals surface area (Å²) in [6, 6.07) is 0. The smallest absolute Gasteiger partial charge is 0.462 e. The molecule has 0 aliphatic rings. The largest absolute Gasteiger partial charge is 0.472 e. The number of phosphoric acid groups is 2. The summed E-state index contributed by atoms with van der Waals surface area (Å²) < 4.78 is 68.5. The maximum Gasteiger partial charge on any atom is 0.472 e. The van der Waals surface area contributed by atoms with Crippen LogP contribution in [-0.4, -0.2) is 96.7 Å². The van der Waals surface area contributed by atoms with Crippen molar-refractivity contribution in [2.45, 2.75) is 408 Å². The third-order valence-corrected chi connectivity index (χ3v) is 20.4. The Hall–Kier alpha value is -1.94. The molecule has 17 nitrogen and oxygen atoms in total. The number of carbonyl (C=O) groups excluding carboxylic acids is 4. The molecule has 0 aromatic rings.